The van der Waals surface area contributed by atoms with Crippen LogP contribution in [0.15, 0.2) is 120 Å². The molecule has 0 saturated carbocycles. The van der Waals surface area contributed by atoms with Gasteiger partial charge in [0.05, 0.1) is 6.54 Å². The number of amides is 2. The minimum absolute atomic E-state index is 0.0977. The number of urea groups is 1. The molecule has 2 N–H and O–H groups in total. The van der Waals surface area contributed by atoms with Gasteiger partial charge >= 0.3 is 6.03 Å². The lowest BCUT2D eigenvalue weighted by atomic mass is 9.88. The first-order valence-corrected chi connectivity index (χ1v) is 16.2. The third-order valence-electron chi connectivity index (χ3n) is 8.29. The van der Waals surface area contributed by atoms with Gasteiger partial charge in [0, 0.05) is 35.2 Å². The largest absolute Gasteiger partial charge is 0.489 e. The summed E-state index contributed by atoms with van der Waals surface area (Å²) in [6.07, 6.45) is 5.17. The van der Waals surface area contributed by atoms with Gasteiger partial charge in [-0.05, 0) is 88.2 Å². The average Bonchev–Trinajstić information content (AvgIpc) is 3.10. The molecule has 0 aliphatic heterocycles. The number of aromatic nitrogens is 3. The smallest absolute Gasteiger partial charge is 0.326 e. The summed E-state index contributed by atoms with van der Waals surface area (Å²) < 4.78 is 6.11. The van der Waals surface area contributed by atoms with Gasteiger partial charge in [-0.1, -0.05) is 76.2 Å². The molecule has 0 saturated heterocycles. The van der Waals surface area contributed by atoms with Crippen molar-refractivity contribution in [2.24, 2.45) is 0 Å². The Labute approximate surface area is 280 Å². The van der Waals surface area contributed by atoms with Gasteiger partial charge in [-0.15, -0.1) is 0 Å². The van der Waals surface area contributed by atoms with E-state index in [4.69, 9.17) is 4.74 Å². The van der Waals surface area contributed by atoms with E-state index in [0.717, 1.165) is 50.2 Å². The number of anilines is 2. The first-order valence-electron chi connectivity index (χ1n) is 16.2. The molecule has 0 atom stereocenters. The summed E-state index contributed by atoms with van der Waals surface area (Å²) in [5.41, 5.74) is 7.03. The molecule has 3 aromatic carbocycles. The van der Waals surface area contributed by atoms with Crippen molar-refractivity contribution in [1.82, 2.24) is 15.0 Å². The molecule has 6 rings (SSSR count). The molecule has 48 heavy (non-hydrogen) atoms. The van der Waals surface area contributed by atoms with Crippen LogP contribution in [0.4, 0.5) is 16.2 Å². The Morgan fingerprint density at radius 3 is 2.25 bits per heavy atom. The normalized spacial score (nSPS) is 11.2. The number of hydrogen-bond donors (Lipinski definition) is 2. The molecule has 0 aliphatic rings. The second-order valence-electron chi connectivity index (χ2n) is 12.4. The summed E-state index contributed by atoms with van der Waals surface area (Å²) in [5.74, 6) is 0.958. The minimum atomic E-state index is -0.394. The predicted octanol–water partition coefficient (Wildman–Crippen LogP) is 9.05. The molecule has 0 bridgehead atoms. The summed E-state index contributed by atoms with van der Waals surface area (Å²) >= 11 is 0. The average molecular weight is 638 g/mol. The Morgan fingerprint density at radius 1 is 0.812 bits per heavy atom. The van der Waals surface area contributed by atoms with Crippen molar-refractivity contribution in [2.45, 2.75) is 52.7 Å². The molecule has 0 radical (unpaired) electrons. The van der Waals surface area contributed by atoms with E-state index in [1.165, 1.54) is 4.90 Å². The second-order valence-corrected chi connectivity index (χ2v) is 12.4. The van der Waals surface area contributed by atoms with Crippen LogP contribution in [-0.2, 0) is 13.2 Å². The fourth-order valence-electron chi connectivity index (χ4n) is 5.76. The number of nitrogens with zero attached hydrogens (tertiary/aromatic N) is 3. The highest BCUT2D eigenvalue weighted by Crippen LogP contribution is 2.38. The Bertz CT molecular complexity index is 2060. The zero-order valence-electron chi connectivity index (χ0n) is 27.6. The third kappa shape index (κ3) is 7.28. The zero-order chi connectivity index (χ0) is 33.6. The fourth-order valence-corrected chi connectivity index (χ4v) is 5.76. The first kappa shape index (κ1) is 32.2. The van der Waals surface area contributed by atoms with E-state index in [2.05, 4.69) is 66.2 Å². The van der Waals surface area contributed by atoms with Crippen molar-refractivity contribution in [3.8, 4) is 16.9 Å². The number of benzene rings is 3. The number of ether oxygens (including phenoxy) is 1. The highest BCUT2D eigenvalue weighted by molar-refractivity contribution is 6.03. The summed E-state index contributed by atoms with van der Waals surface area (Å²) in [7, 11) is 0. The van der Waals surface area contributed by atoms with E-state index in [1.807, 2.05) is 66.7 Å². The molecule has 8 nitrogen and oxygen atoms in total. The summed E-state index contributed by atoms with van der Waals surface area (Å²) in [6, 6.07) is 30.9. The maximum Gasteiger partial charge on any atom is 0.326 e. The number of H-pyrrole nitrogens is 1. The van der Waals surface area contributed by atoms with E-state index in [0.29, 0.717) is 12.3 Å². The Balaban J connectivity index is 1.37. The van der Waals surface area contributed by atoms with Crippen LogP contribution in [0.1, 0.15) is 61.8 Å². The predicted molar refractivity (Wildman–Crippen MR) is 193 cm³/mol. The van der Waals surface area contributed by atoms with Crippen LogP contribution in [-0.4, -0.2) is 21.0 Å². The summed E-state index contributed by atoms with van der Waals surface area (Å²) in [4.78, 5) is 40.6. The van der Waals surface area contributed by atoms with Gasteiger partial charge in [-0.3, -0.25) is 14.7 Å². The van der Waals surface area contributed by atoms with E-state index < -0.39 is 6.03 Å². The molecule has 3 aromatic heterocycles. The van der Waals surface area contributed by atoms with Gasteiger partial charge in [0.2, 0.25) is 0 Å². The van der Waals surface area contributed by atoms with Crippen LogP contribution in [0.2, 0.25) is 0 Å². The quantitative estimate of drug-likeness (QED) is 0.156. The van der Waals surface area contributed by atoms with E-state index >= 15 is 0 Å². The maximum absolute atomic E-state index is 14.4. The number of aromatic amines is 1. The molecular formula is C40H39N5O3. The number of carbonyl (C=O) groups excluding carboxylic acids is 1. The van der Waals surface area contributed by atoms with Gasteiger partial charge in [0.15, 0.2) is 0 Å². The van der Waals surface area contributed by atoms with Crippen molar-refractivity contribution in [3.63, 3.8) is 0 Å². The Kier molecular flexibility index (Phi) is 9.62. The monoisotopic (exact) mass is 637 g/mol. The molecule has 0 aliphatic carbocycles. The topological polar surface area (TPSA) is 100 Å². The Morgan fingerprint density at radius 2 is 1.54 bits per heavy atom. The molecule has 6 aromatic rings. The van der Waals surface area contributed by atoms with E-state index in [1.54, 1.807) is 30.7 Å². The number of hydrogen-bond acceptors (Lipinski definition) is 5. The van der Waals surface area contributed by atoms with Crippen molar-refractivity contribution in [3.05, 3.63) is 148 Å². The van der Waals surface area contributed by atoms with E-state index in [9.17, 15) is 9.59 Å². The number of fused-ring (bicyclic) bond motifs is 1. The van der Waals surface area contributed by atoms with Gasteiger partial charge in [0.1, 0.15) is 23.7 Å². The zero-order valence-corrected chi connectivity index (χ0v) is 27.6. The van der Waals surface area contributed by atoms with Crippen LogP contribution in [0.3, 0.4) is 0 Å². The number of carbonyl (C=O) groups is 1. The van der Waals surface area contributed by atoms with Crippen LogP contribution in [0.5, 0.6) is 5.75 Å². The van der Waals surface area contributed by atoms with Crippen LogP contribution < -0.4 is 20.5 Å². The molecular weight excluding hydrogens is 598 g/mol. The number of nitrogens with one attached hydrogen (secondary N) is 2. The third-order valence-corrected chi connectivity index (χ3v) is 8.29. The molecule has 0 spiro atoms. The van der Waals surface area contributed by atoms with Gasteiger partial charge < -0.3 is 15.0 Å². The van der Waals surface area contributed by atoms with Crippen LogP contribution in [0.25, 0.3) is 22.2 Å². The SMILES string of the molecule is CC(C)c1cc(-c2cccc(OCc3cccnc3)c2)cc(C(C)C)c1NC(=O)N(Cc1ccccc1)c1cc2cccnc2[nH]c1=O. The van der Waals surface area contributed by atoms with Crippen molar-refractivity contribution < 1.29 is 9.53 Å². The molecule has 242 valence electrons. The first-order chi connectivity index (χ1) is 23.3. The van der Waals surface area contributed by atoms with Crippen molar-refractivity contribution in [2.75, 3.05) is 10.2 Å². The van der Waals surface area contributed by atoms with E-state index in [-0.39, 0.29) is 29.6 Å². The van der Waals surface area contributed by atoms with Crippen molar-refractivity contribution in [1.29, 1.82) is 0 Å². The lowest BCUT2D eigenvalue weighted by Gasteiger charge is -2.27. The fraction of sp³-hybridized carbons (Fsp3) is 0.200. The molecule has 3 heterocycles. The summed E-state index contributed by atoms with van der Waals surface area (Å²) in [5, 5.41) is 3.99. The molecule has 2 amide bonds. The lowest BCUT2D eigenvalue weighted by Crippen LogP contribution is -2.38. The number of rotatable bonds is 10. The Hall–Kier alpha value is -5.76. The van der Waals surface area contributed by atoms with Crippen LogP contribution in [0, 0.1) is 0 Å². The molecule has 0 unspecified atom stereocenters. The maximum atomic E-state index is 14.4. The molecule has 0 fully saturated rings. The number of pyridine rings is 3. The van der Waals surface area contributed by atoms with Gasteiger partial charge in [0.25, 0.3) is 5.56 Å². The molecule has 8 heteroatoms. The highest BCUT2D eigenvalue weighted by Gasteiger charge is 2.24. The van der Waals surface area contributed by atoms with Gasteiger partial charge in [-0.25, -0.2) is 9.78 Å². The summed E-state index contributed by atoms with van der Waals surface area (Å²) in [6.45, 7) is 9.11. The standard InChI is InChI=1S/C40H39N5O3/c1-26(2)34-20-32(30-14-8-16-33(19-30)48-25-29-13-9-17-41-23-29)21-35(27(3)4)37(34)43-40(47)45(24-28-11-6-5-7-12-28)36-22-31-15-10-18-42-38(31)44-39(36)46/h5-23,26-27H,24-25H2,1-4H3,(H,43,47)(H,42,44,46). The highest BCUT2D eigenvalue weighted by atomic mass is 16.5. The lowest BCUT2D eigenvalue weighted by molar-refractivity contribution is 0.256. The second kappa shape index (κ2) is 14.3. The van der Waals surface area contributed by atoms with Crippen molar-refractivity contribution >= 4 is 28.4 Å². The minimum Gasteiger partial charge on any atom is -0.489 e. The van der Waals surface area contributed by atoms with Crippen LogP contribution >= 0.6 is 0 Å². The van der Waals surface area contributed by atoms with Gasteiger partial charge in [-0.2, -0.15) is 0 Å².